The van der Waals surface area contributed by atoms with Crippen molar-refractivity contribution in [3.05, 3.63) is 41.1 Å². The Morgan fingerprint density at radius 3 is 2.75 bits per heavy atom. The fourth-order valence-electron chi connectivity index (χ4n) is 2.02. The fourth-order valence-corrected chi connectivity index (χ4v) is 2.02. The van der Waals surface area contributed by atoms with Gasteiger partial charge in [0.05, 0.1) is 11.2 Å². The molecule has 0 radical (unpaired) electrons. The van der Waals surface area contributed by atoms with Crippen molar-refractivity contribution in [3.63, 3.8) is 0 Å². The SMILES string of the molecule is CCc1cccc2c(C)cc(C(C)N)nc12. The van der Waals surface area contributed by atoms with Gasteiger partial charge in [-0.25, -0.2) is 0 Å². The van der Waals surface area contributed by atoms with Crippen LogP contribution in [0.5, 0.6) is 0 Å². The predicted octanol–water partition coefficient (Wildman–Crippen LogP) is 3.13. The average Bonchev–Trinajstić information content (AvgIpc) is 2.28. The molecule has 0 saturated heterocycles. The number of para-hydroxylation sites is 1. The van der Waals surface area contributed by atoms with Crippen molar-refractivity contribution in [1.82, 2.24) is 4.98 Å². The molecule has 1 atom stereocenters. The van der Waals surface area contributed by atoms with Crippen molar-refractivity contribution in [3.8, 4) is 0 Å². The fraction of sp³-hybridized carbons (Fsp3) is 0.357. The number of aryl methyl sites for hydroxylation is 2. The molecule has 1 unspecified atom stereocenters. The van der Waals surface area contributed by atoms with Gasteiger partial charge in [-0.05, 0) is 37.5 Å². The summed E-state index contributed by atoms with van der Waals surface area (Å²) < 4.78 is 0. The summed E-state index contributed by atoms with van der Waals surface area (Å²) in [6.07, 6.45) is 1.01. The van der Waals surface area contributed by atoms with E-state index in [0.29, 0.717) is 0 Å². The van der Waals surface area contributed by atoms with Crippen molar-refractivity contribution in [2.45, 2.75) is 33.2 Å². The first-order chi connectivity index (χ1) is 7.63. The Hall–Kier alpha value is -1.41. The van der Waals surface area contributed by atoms with E-state index in [-0.39, 0.29) is 6.04 Å². The Morgan fingerprint density at radius 1 is 1.38 bits per heavy atom. The lowest BCUT2D eigenvalue weighted by Gasteiger charge is -2.11. The van der Waals surface area contributed by atoms with Crippen LogP contribution >= 0.6 is 0 Å². The second kappa shape index (κ2) is 4.22. The number of hydrogen-bond donors (Lipinski definition) is 1. The number of rotatable bonds is 2. The molecule has 0 saturated carbocycles. The first-order valence-electron chi connectivity index (χ1n) is 5.78. The summed E-state index contributed by atoms with van der Waals surface area (Å²) in [6.45, 7) is 6.25. The molecule has 0 bridgehead atoms. The molecule has 0 aliphatic heterocycles. The molecule has 1 heterocycles. The summed E-state index contributed by atoms with van der Waals surface area (Å²) in [7, 11) is 0. The van der Waals surface area contributed by atoms with Crippen LogP contribution in [0, 0.1) is 6.92 Å². The molecule has 2 aromatic rings. The highest BCUT2D eigenvalue weighted by molar-refractivity contribution is 5.85. The second-order valence-corrected chi connectivity index (χ2v) is 4.32. The molecule has 1 aromatic heterocycles. The zero-order valence-electron chi connectivity index (χ0n) is 10.1. The number of fused-ring (bicyclic) bond motifs is 1. The lowest BCUT2D eigenvalue weighted by Crippen LogP contribution is -2.08. The predicted molar refractivity (Wildman–Crippen MR) is 68.5 cm³/mol. The Morgan fingerprint density at radius 2 is 2.12 bits per heavy atom. The van der Waals surface area contributed by atoms with E-state index in [1.54, 1.807) is 0 Å². The van der Waals surface area contributed by atoms with Crippen LogP contribution < -0.4 is 5.73 Å². The summed E-state index contributed by atoms with van der Waals surface area (Å²) in [5, 5.41) is 1.24. The zero-order chi connectivity index (χ0) is 11.7. The third-order valence-electron chi connectivity index (χ3n) is 3.00. The summed E-state index contributed by atoms with van der Waals surface area (Å²) in [6, 6.07) is 8.45. The van der Waals surface area contributed by atoms with E-state index in [1.807, 2.05) is 6.92 Å². The van der Waals surface area contributed by atoms with Crippen LogP contribution in [0.2, 0.25) is 0 Å². The molecule has 2 rings (SSSR count). The van der Waals surface area contributed by atoms with E-state index in [1.165, 1.54) is 16.5 Å². The van der Waals surface area contributed by atoms with E-state index >= 15 is 0 Å². The lowest BCUT2D eigenvalue weighted by atomic mass is 10.0. The summed E-state index contributed by atoms with van der Waals surface area (Å²) >= 11 is 0. The third kappa shape index (κ3) is 1.81. The van der Waals surface area contributed by atoms with Crippen molar-refractivity contribution in [2.75, 3.05) is 0 Å². The number of hydrogen-bond acceptors (Lipinski definition) is 2. The van der Waals surface area contributed by atoms with Gasteiger partial charge in [-0.3, -0.25) is 4.98 Å². The summed E-state index contributed by atoms with van der Waals surface area (Å²) in [5.41, 5.74) is 10.5. The molecule has 2 heteroatoms. The van der Waals surface area contributed by atoms with Gasteiger partial charge in [-0.15, -0.1) is 0 Å². The van der Waals surface area contributed by atoms with E-state index in [0.717, 1.165) is 17.6 Å². The first-order valence-corrected chi connectivity index (χ1v) is 5.78. The number of nitrogens with two attached hydrogens (primary N) is 1. The normalized spacial score (nSPS) is 13.0. The van der Waals surface area contributed by atoms with Crippen LogP contribution in [0.1, 0.15) is 36.7 Å². The van der Waals surface area contributed by atoms with Crippen LogP contribution in [0.4, 0.5) is 0 Å². The number of nitrogens with zero attached hydrogens (tertiary/aromatic N) is 1. The van der Waals surface area contributed by atoms with Gasteiger partial charge in [0, 0.05) is 11.4 Å². The van der Waals surface area contributed by atoms with Gasteiger partial charge in [0.15, 0.2) is 0 Å². The van der Waals surface area contributed by atoms with Crippen LogP contribution in [0.25, 0.3) is 10.9 Å². The maximum atomic E-state index is 5.90. The van der Waals surface area contributed by atoms with Crippen molar-refractivity contribution in [2.24, 2.45) is 5.73 Å². The second-order valence-electron chi connectivity index (χ2n) is 4.32. The Bertz CT molecular complexity index is 515. The van der Waals surface area contributed by atoms with Crippen LogP contribution in [0.15, 0.2) is 24.3 Å². The van der Waals surface area contributed by atoms with Gasteiger partial charge in [0.2, 0.25) is 0 Å². The summed E-state index contributed by atoms with van der Waals surface area (Å²) in [5.74, 6) is 0. The van der Waals surface area contributed by atoms with Crippen molar-refractivity contribution >= 4 is 10.9 Å². The summed E-state index contributed by atoms with van der Waals surface area (Å²) in [4.78, 5) is 4.68. The Labute approximate surface area is 96.5 Å². The maximum Gasteiger partial charge on any atom is 0.0740 e. The lowest BCUT2D eigenvalue weighted by molar-refractivity contribution is 0.785. The minimum absolute atomic E-state index is 0.00647. The van der Waals surface area contributed by atoms with Gasteiger partial charge in [0.25, 0.3) is 0 Å². The largest absolute Gasteiger partial charge is 0.323 e. The van der Waals surface area contributed by atoms with E-state index in [9.17, 15) is 0 Å². The van der Waals surface area contributed by atoms with Gasteiger partial charge >= 0.3 is 0 Å². The molecular weight excluding hydrogens is 196 g/mol. The van der Waals surface area contributed by atoms with Gasteiger partial charge in [-0.1, -0.05) is 25.1 Å². The maximum absolute atomic E-state index is 5.90. The molecule has 2 N–H and O–H groups in total. The molecule has 1 aromatic carbocycles. The molecule has 84 valence electrons. The quantitative estimate of drug-likeness (QED) is 0.834. The van der Waals surface area contributed by atoms with Crippen LogP contribution in [0.3, 0.4) is 0 Å². The van der Waals surface area contributed by atoms with Crippen molar-refractivity contribution < 1.29 is 0 Å². The highest BCUT2D eigenvalue weighted by atomic mass is 14.8. The zero-order valence-corrected chi connectivity index (χ0v) is 10.1. The third-order valence-corrected chi connectivity index (χ3v) is 3.00. The molecular formula is C14H18N2. The monoisotopic (exact) mass is 214 g/mol. The Kier molecular flexibility index (Phi) is 2.92. The molecule has 2 nitrogen and oxygen atoms in total. The number of aromatic nitrogens is 1. The smallest absolute Gasteiger partial charge is 0.0740 e. The molecule has 0 amide bonds. The standard InChI is InChI=1S/C14H18N2/c1-4-11-6-5-7-12-9(2)8-13(10(3)15)16-14(11)12/h5-8,10H,4,15H2,1-3H3. The van der Waals surface area contributed by atoms with E-state index in [4.69, 9.17) is 5.73 Å². The molecule has 0 fully saturated rings. The minimum Gasteiger partial charge on any atom is -0.323 e. The van der Waals surface area contributed by atoms with Crippen LogP contribution in [-0.2, 0) is 6.42 Å². The van der Waals surface area contributed by atoms with E-state index in [2.05, 4.69) is 43.1 Å². The van der Waals surface area contributed by atoms with Gasteiger partial charge in [0.1, 0.15) is 0 Å². The number of benzene rings is 1. The van der Waals surface area contributed by atoms with E-state index < -0.39 is 0 Å². The first kappa shape index (κ1) is 11.1. The highest BCUT2D eigenvalue weighted by Crippen LogP contribution is 2.23. The molecule has 0 aliphatic rings. The molecule has 0 aliphatic carbocycles. The topological polar surface area (TPSA) is 38.9 Å². The number of pyridine rings is 1. The van der Waals surface area contributed by atoms with Crippen molar-refractivity contribution in [1.29, 1.82) is 0 Å². The molecule has 0 spiro atoms. The highest BCUT2D eigenvalue weighted by Gasteiger charge is 2.08. The molecule has 16 heavy (non-hydrogen) atoms. The minimum atomic E-state index is -0.00647. The van der Waals surface area contributed by atoms with Gasteiger partial charge < -0.3 is 5.73 Å². The average molecular weight is 214 g/mol. The Balaban J connectivity index is 2.77. The van der Waals surface area contributed by atoms with Crippen LogP contribution in [-0.4, -0.2) is 4.98 Å². The van der Waals surface area contributed by atoms with Gasteiger partial charge in [-0.2, -0.15) is 0 Å².